The van der Waals surface area contributed by atoms with E-state index < -0.39 is 0 Å². The van der Waals surface area contributed by atoms with Gasteiger partial charge in [-0.1, -0.05) is 6.92 Å². The molecule has 0 aromatic carbocycles. The fourth-order valence-electron chi connectivity index (χ4n) is 1.61. The Balaban J connectivity index is 2.47. The van der Waals surface area contributed by atoms with Crippen LogP contribution in [0.5, 0.6) is 0 Å². The van der Waals surface area contributed by atoms with Gasteiger partial charge in [0.2, 0.25) is 0 Å². The molecule has 4 heteroatoms. The third-order valence-corrected chi connectivity index (χ3v) is 3.54. The lowest BCUT2D eigenvalue weighted by molar-refractivity contribution is 0.0270. The van der Waals surface area contributed by atoms with Crippen molar-refractivity contribution in [3.63, 3.8) is 0 Å². The van der Waals surface area contributed by atoms with Crippen molar-refractivity contribution in [2.45, 2.75) is 46.4 Å². The number of likely N-dealkylation sites (N-methyl/N-ethyl adjacent to an activating group) is 1. The van der Waals surface area contributed by atoms with Crippen molar-refractivity contribution in [1.29, 1.82) is 0 Å². The average molecular weight is 268 g/mol. The number of furan rings is 1. The normalized spacial score (nSPS) is 12.4. The van der Waals surface area contributed by atoms with Crippen molar-refractivity contribution >= 4 is 0 Å². The third kappa shape index (κ3) is 4.97. The molecule has 0 radical (unpaired) electrons. The number of aryl methyl sites for hydroxylation is 1. The van der Waals surface area contributed by atoms with E-state index in [1.807, 2.05) is 6.92 Å². The van der Waals surface area contributed by atoms with Crippen LogP contribution in [0, 0.1) is 6.92 Å². The van der Waals surface area contributed by atoms with Gasteiger partial charge in [0, 0.05) is 11.1 Å². The molecule has 0 bridgehead atoms. The zero-order chi connectivity index (χ0) is 14.5. The van der Waals surface area contributed by atoms with E-state index in [0.29, 0.717) is 13.2 Å². The highest BCUT2D eigenvalue weighted by molar-refractivity contribution is 5.19. The fraction of sp³-hybridized carbons (Fsp3) is 0.733. The standard InChI is InChI=1S/C15H28N2O2/c1-7-16-9-14-8-13(12(2)19-14)10-18-11-15(3,4)17(5)6/h8,16H,7,9-11H2,1-6H3. The second kappa shape index (κ2) is 7.08. The van der Waals surface area contributed by atoms with E-state index in [1.165, 1.54) is 0 Å². The summed E-state index contributed by atoms with van der Waals surface area (Å²) in [6.07, 6.45) is 0. The molecule has 110 valence electrons. The van der Waals surface area contributed by atoms with Crippen LogP contribution in [0.25, 0.3) is 0 Å². The van der Waals surface area contributed by atoms with Crippen molar-refractivity contribution in [2.24, 2.45) is 0 Å². The maximum absolute atomic E-state index is 5.82. The smallest absolute Gasteiger partial charge is 0.118 e. The van der Waals surface area contributed by atoms with Gasteiger partial charge >= 0.3 is 0 Å². The number of hydrogen-bond donors (Lipinski definition) is 1. The Kier molecular flexibility index (Phi) is 6.04. The van der Waals surface area contributed by atoms with E-state index in [1.54, 1.807) is 0 Å². The van der Waals surface area contributed by atoms with E-state index in [2.05, 4.69) is 51.1 Å². The largest absolute Gasteiger partial charge is 0.465 e. The van der Waals surface area contributed by atoms with Crippen molar-refractivity contribution in [2.75, 3.05) is 27.2 Å². The maximum Gasteiger partial charge on any atom is 0.118 e. The number of ether oxygens (including phenoxy) is 1. The molecule has 0 aliphatic heterocycles. The maximum atomic E-state index is 5.82. The predicted octanol–water partition coefficient (Wildman–Crippen LogP) is 2.55. The predicted molar refractivity (Wildman–Crippen MR) is 78.2 cm³/mol. The lowest BCUT2D eigenvalue weighted by Gasteiger charge is -2.32. The van der Waals surface area contributed by atoms with Crippen LogP contribution in [0.4, 0.5) is 0 Å². The molecule has 1 rings (SSSR count). The Morgan fingerprint density at radius 1 is 1.37 bits per heavy atom. The second-order valence-electron chi connectivity index (χ2n) is 5.77. The summed E-state index contributed by atoms with van der Waals surface area (Å²) in [5.41, 5.74) is 1.19. The molecule has 19 heavy (non-hydrogen) atoms. The Labute approximate surface area is 117 Å². The molecule has 0 saturated carbocycles. The van der Waals surface area contributed by atoms with Crippen molar-refractivity contribution in [3.8, 4) is 0 Å². The van der Waals surface area contributed by atoms with Gasteiger partial charge in [0.1, 0.15) is 11.5 Å². The zero-order valence-electron chi connectivity index (χ0n) is 13.2. The van der Waals surface area contributed by atoms with Gasteiger partial charge in [-0.3, -0.25) is 0 Å². The number of hydrogen-bond acceptors (Lipinski definition) is 4. The van der Waals surface area contributed by atoms with Crippen molar-refractivity contribution in [1.82, 2.24) is 10.2 Å². The van der Waals surface area contributed by atoms with Gasteiger partial charge in [0.25, 0.3) is 0 Å². The fourth-order valence-corrected chi connectivity index (χ4v) is 1.61. The summed E-state index contributed by atoms with van der Waals surface area (Å²) in [7, 11) is 4.14. The Morgan fingerprint density at radius 2 is 2.05 bits per heavy atom. The Morgan fingerprint density at radius 3 is 2.63 bits per heavy atom. The van der Waals surface area contributed by atoms with Crippen LogP contribution in [0.1, 0.15) is 37.9 Å². The van der Waals surface area contributed by atoms with Gasteiger partial charge < -0.3 is 19.4 Å². The first kappa shape index (κ1) is 16.2. The van der Waals surface area contributed by atoms with Crippen LogP contribution in [-0.4, -0.2) is 37.7 Å². The van der Waals surface area contributed by atoms with Crippen LogP contribution >= 0.6 is 0 Å². The molecular weight excluding hydrogens is 240 g/mol. The van der Waals surface area contributed by atoms with E-state index in [-0.39, 0.29) is 5.54 Å². The zero-order valence-corrected chi connectivity index (χ0v) is 13.2. The minimum absolute atomic E-state index is 0.0459. The van der Waals surface area contributed by atoms with Gasteiger partial charge in [-0.25, -0.2) is 0 Å². The number of nitrogens with zero attached hydrogens (tertiary/aromatic N) is 1. The molecule has 0 atom stereocenters. The molecular formula is C15H28N2O2. The summed E-state index contributed by atoms with van der Waals surface area (Å²) >= 11 is 0. The summed E-state index contributed by atoms with van der Waals surface area (Å²) in [5, 5.41) is 3.26. The SMILES string of the molecule is CCNCc1cc(COCC(C)(C)N(C)C)c(C)o1. The van der Waals surface area contributed by atoms with Gasteiger partial charge in [-0.15, -0.1) is 0 Å². The molecule has 0 fully saturated rings. The van der Waals surface area contributed by atoms with E-state index in [0.717, 1.165) is 30.2 Å². The van der Waals surface area contributed by atoms with E-state index in [4.69, 9.17) is 9.15 Å². The lowest BCUT2D eigenvalue weighted by Crippen LogP contribution is -2.42. The number of rotatable bonds is 8. The monoisotopic (exact) mass is 268 g/mol. The molecule has 1 N–H and O–H groups in total. The first-order chi connectivity index (χ1) is 8.86. The van der Waals surface area contributed by atoms with Crippen LogP contribution in [0.3, 0.4) is 0 Å². The molecule has 0 aliphatic carbocycles. The molecule has 0 unspecified atom stereocenters. The van der Waals surface area contributed by atoms with E-state index >= 15 is 0 Å². The van der Waals surface area contributed by atoms with Gasteiger partial charge in [-0.05, 0) is 47.5 Å². The topological polar surface area (TPSA) is 37.6 Å². The third-order valence-electron chi connectivity index (χ3n) is 3.54. The average Bonchev–Trinajstić information content (AvgIpc) is 2.67. The summed E-state index contributed by atoms with van der Waals surface area (Å²) in [6, 6.07) is 2.08. The first-order valence-corrected chi connectivity index (χ1v) is 6.91. The van der Waals surface area contributed by atoms with Crippen molar-refractivity contribution in [3.05, 3.63) is 23.2 Å². The molecule has 0 spiro atoms. The summed E-state index contributed by atoms with van der Waals surface area (Å²) < 4.78 is 11.5. The van der Waals surface area contributed by atoms with Gasteiger partial charge in [-0.2, -0.15) is 0 Å². The molecule has 0 aliphatic rings. The van der Waals surface area contributed by atoms with Crippen LogP contribution in [0.15, 0.2) is 10.5 Å². The second-order valence-corrected chi connectivity index (χ2v) is 5.77. The Hall–Kier alpha value is -0.840. The first-order valence-electron chi connectivity index (χ1n) is 6.91. The van der Waals surface area contributed by atoms with Crippen molar-refractivity contribution < 1.29 is 9.15 Å². The van der Waals surface area contributed by atoms with E-state index in [9.17, 15) is 0 Å². The summed E-state index contributed by atoms with van der Waals surface area (Å²) in [4.78, 5) is 2.17. The molecule has 4 nitrogen and oxygen atoms in total. The molecule has 1 aromatic heterocycles. The lowest BCUT2D eigenvalue weighted by atomic mass is 10.1. The van der Waals surface area contributed by atoms with Crippen LogP contribution in [-0.2, 0) is 17.9 Å². The highest BCUT2D eigenvalue weighted by Gasteiger charge is 2.20. The number of nitrogens with one attached hydrogen (secondary N) is 1. The molecule has 0 amide bonds. The molecule has 0 saturated heterocycles. The highest BCUT2D eigenvalue weighted by atomic mass is 16.5. The van der Waals surface area contributed by atoms with Gasteiger partial charge in [0.15, 0.2) is 0 Å². The van der Waals surface area contributed by atoms with Crippen LogP contribution < -0.4 is 5.32 Å². The Bertz CT molecular complexity index is 383. The highest BCUT2D eigenvalue weighted by Crippen LogP contribution is 2.17. The summed E-state index contributed by atoms with van der Waals surface area (Å²) in [6.45, 7) is 11.5. The minimum atomic E-state index is 0.0459. The van der Waals surface area contributed by atoms with Gasteiger partial charge in [0.05, 0.1) is 19.8 Å². The van der Waals surface area contributed by atoms with Crippen LogP contribution in [0.2, 0.25) is 0 Å². The quantitative estimate of drug-likeness (QED) is 0.786. The summed E-state index contributed by atoms with van der Waals surface area (Å²) in [5.74, 6) is 1.93. The molecule has 1 aromatic rings. The molecule has 1 heterocycles. The minimum Gasteiger partial charge on any atom is -0.465 e.